The largest absolute Gasteiger partial charge is 0.481 e. The van der Waals surface area contributed by atoms with Gasteiger partial charge in [-0.05, 0) is 24.5 Å². The zero-order chi connectivity index (χ0) is 9.84. The van der Waals surface area contributed by atoms with Crippen LogP contribution in [0.25, 0.3) is 0 Å². The van der Waals surface area contributed by atoms with Crippen LogP contribution in [0.1, 0.15) is 30.5 Å². The molecule has 0 radical (unpaired) electrons. The number of aromatic nitrogens is 1. The van der Waals surface area contributed by atoms with Gasteiger partial charge in [0.15, 0.2) is 0 Å². The number of pyridine rings is 1. The molecular weight excluding hydrogens is 164 g/mol. The van der Waals surface area contributed by atoms with E-state index in [-0.39, 0.29) is 6.04 Å². The average Bonchev–Trinajstić information content (AvgIpc) is 2.16. The van der Waals surface area contributed by atoms with Crippen LogP contribution in [0.4, 0.5) is 0 Å². The maximum Gasteiger partial charge on any atom is 0.213 e. The molecule has 0 aliphatic heterocycles. The van der Waals surface area contributed by atoms with Gasteiger partial charge in [0.1, 0.15) is 0 Å². The van der Waals surface area contributed by atoms with E-state index in [0.717, 1.165) is 17.5 Å². The van der Waals surface area contributed by atoms with Crippen molar-refractivity contribution in [1.29, 1.82) is 0 Å². The van der Waals surface area contributed by atoms with Crippen molar-refractivity contribution in [2.75, 3.05) is 7.11 Å². The fourth-order valence-corrected chi connectivity index (χ4v) is 1.26. The fourth-order valence-electron chi connectivity index (χ4n) is 1.26. The van der Waals surface area contributed by atoms with Crippen molar-refractivity contribution in [1.82, 2.24) is 4.98 Å². The SMILES string of the molecule is CC[C@H](N)c1cnc(OC)cc1C. The van der Waals surface area contributed by atoms with Gasteiger partial charge in [-0.3, -0.25) is 0 Å². The molecule has 0 aliphatic rings. The zero-order valence-electron chi connectivity index (χ0n) is 8.37. The number of nitrogens with two attached hydrogens (primary N) is 1. The molecular formula is C10H16N2O. The third kappa shape index (κ3) is 2.18. The predicted octanol–water partition coefficient (Wildman–Crippen LogP) is 1.81. The molecule has 0 aliphatic carbocycles. The highest BCUT2D eigenvalue weighted by molar-refractivity contribution is 5.30. The molecule has 3 heteroatoms. The minimum Gasteiger partial charge on any atom is -0.481 e. The number of methoxy groups -OCH3 is 1. The first-order chi connectivity index (χ1) is 6.19. The van der Waals surface area contributed by atoms with Gasteiger partial charge in [-0.15, -0.1) is 0 Å². The summed E-state index contributed by atoms with van der Waals surface area (Å²) in [5.74, 6) is 0.643. The first kappa shape index (κ1) is 9.99. The maximum atomic E-state index is 5.91. The van der Waals surface area contributed by atoms with Crippen molar-refractivity contribution in [2.24, 2.45) is 5.73 Å². The Bertz CT molecular complexity index is 286. The maximum absolute atomic E-state index is 5.91. The summed E-state index contributed by atoms with van der Waals surface area (Å²) < 4.78 is 5.01. The second-order valence-corrected chi connectivity index (χ2v) is 3.10. The Morgan fingerprint density at radius 1 is 1.62 bits per heavy atom. The molecule has 1 atom stereocenters. The lowest BCUT2D eigenvalue weighted by molar-refractivity contribution is 0.397. The fraction of sp³-hybridized carbons (Fsp3) is 0.500. The third-order valence-electron chi connectivity index (χ3n) is 2.17. The molecule has 1 aromatic heterocycles. The zero-order valence-corrected chi connectivity index (χ0v) is 8.37. The van der Waals surface area contributed by atoms with Crippen LogP contribution in [0, 0.1) is 6.92 Å². The molecule has 0 saturated heterocycles. The molecule has 0 saturated carbocycles. The van der Waals surface area contributed by atoms with Gasteiger partial charge in [0, 0.05) is 18.3 Å². The molecule has 0 fully saturated rings. The van der Waals surface area contributed by atoms with Gasteiger partial charge in [0.05, 0.1) is 7.11 Å². The molecule has 72 valence electrons. The number of hydrogen-bond acceptors (Lipinski definition) is 3. The molecule has 1 heterocycles. The summed E-state index contributed by atoms with van der Waals surface area (Å²) in [6, 6.07) is 1.99. The molecule has 0 spiro atoms. The second-order valence-electron chi connectivity index (χ2n) is 3.10. The van der Waals surface area contributed by atoms with Gasteiger partial charge in [-0.1, -0.05) is 6.92 Å². The summed E-state index contributed by atoms with van der Waals surface area (Å²) >= 11 is 0. The van der Waals surface area contributed by atoms with Gasteiger partial charge >= 0.3 is 0 Å². The second kappa shape index (κ2) is 4.23. The summed E-state index contributed by atoms with van der Waals surface area (Å²) in [5, 5.41) is 0. The lowest BCUT2D eigenvalue weighted by Gasteiger charge is -2.12. The van der Waals surface area contributed by atoms with Crippen molar-refractivity contribution >= 4 is 0 Å². The van der Waals surface area contributed by atoms with Gasteiger partial charge in [-0.25, -0.2) is 4.98 Å². The topological polar surface area (TPSA) is 48.1 Å². The smallest absolute Gasteiger partial charge is 0.213 e. The number of ether oxygens (including phenoxy) is 1. The van der Waals surface area contributed by atoms with Gasteiger partial charge < -0.3 is 10.5 Å². The van der Waals surface area contributed by atoms with Crippen molar-refractivity contribution < 1.29 is 4.74 Å². The van der Waals surface area contributed by atoms with E-state index in [4.69, 9.17) is 10.5 Å². The molecule has 1 aromatic rings. The summed E-state index contributed by atoms with van der Waals surface area (Å²) in [7, 11) is 1.61. The van der Waals surface area contributed by atoms with E-state index in [1.165, 1.54) is 0 Å². The van der Waals surface area contributed by atoms with E-state index in [0.29, 0.717) is 5.88 Å². The lowest BCUT2D eigenvalue weighted by Crippen LogP contribution is -2.10. The Hall–Kier alpha value is -1.09. The van der Waals surface area contributed by atoms with Crippen LogP contribution in [0.3, 0.4) is 0 Å². The number of rotatable bonds is 3. The monoisotopic (exact) mass is 180 g/mol. The Labute approximate surface area is 78.9 Å². The number of aryl methyl sites for hydroxylation is 1. The van der Waals surface area contributed by atoms with E-state index in [1.807, 2.05) is 13.0 Å². The molecule has 0 aromatic carbocycles. The van der Waals surface area contributed by atoms with Crippen LogP contribution in [-0.4, -0.2) is 12.1 Å². The normalized spacial score (nSPS) is 12.6. The number of nitrogens with zero attached hydrogens (tertiary/aromatic N) is 1. The predicted molar refractivity (Wildman–Crippen MR) is 52.7 cm³/mol. The molecule has 0 bridgehead atoms. The van der Waals surface area contributed by atoms with Crippen molar-refractivity contribution in [3.8, 4) is 5.88 Å². The Balaban J connectivity index is 2.98. The van der Waals surface area contributed by atoms with Crippen molar-refractivity contribution in [3.63, 3.8) is 0 Å². The molecule has 2 N–H and O–H groups in total. The van der Waals surface area contributed by atoms with E-state index >= 15 is 0 Å². The van der Waals surface area contributed by atoms with E-state index < -0.39 is 0 Å². The van der Waals surface area contributed by atoms with Crippen LogP contribution >= 0.6 is 0 Å². The van der Waals surface area contributed by atoms with Crippen LogP contribution in [-0.2, 0) is 0 Å². The summed E-state index contributed by atoms with van der Waals surface area (Å²) in [6.45, 7) is 4.09. The quantitative estimate of drug-likeness (QED) is 0.771. The lowest BCUT2D eigenvalue weighted by atomic mass is 10.0. The standard InChI is InChI=1S/C10H16N2O/c1-4-9(11)8-6-12-10(13-3)5-7(8)2/h5-6,9H,4,11H2,1-3H3/t9-/m0/s1. The Morgan fingerprint density at radius 2 is 2.31 bits per heavy atom. The highest BCUT2D eigenvalue weighted by Gasteiger charge is 2.07. The van der Waals surface area contributed by atoms with Crippen LogP contribution in [0.5, 0.6) is 5.88 Å². The Kier molecular flexibility index (Phi) is 3.25. The van der Waals surface area contributed by atoms with E-state index in [2.05, 4.69) is 11.9 Å². The highest BCUT2D eigenvalue weighted by Crippen LogP contribution is 2.20. The number of hydrogen-bond donors (Lipinski definition) is 1. The van der Waals surface area contributed by atoms with E-state index in [9.17, 15) is 0 Å². The van der Waals surface area contributed by atoms with Crippen molar-refractivity contribution in [2.45, 2.75) is 26.3 Å². The Morgan fingerprint density at radius 3 is 2.77 bits per heavy atom. The first-order valence-corrected chi connectivity index (χ1v) is 4.45. The molecule has 13 heavy (non-hydrogen) atoms. The average molecular weight is 180 g/mol. The first-order valence-electron chi connectivity index (χ1n) is 4.45. The highest BCUT2D eigenvalue weighted by atomic mass is 16.5. The van der Waals surface area contributed by atoms with Gasteiger partial charge in [0.2, 0.25) is 5.88 Å². The third-order valence-corrected chi connectivity index (χ3v) is 2.17. The van der Waals surface area contributed by atoms with Crippen molar-refractivity contribution in [3.05, 3.63) is 23.4 Å². The molecule has 1 rings (SSSR count). The summed E-state index contributed by atoms with van der Waals surface area (Å²) in [4.78, 5) is 4.12. The van der Waals surface area contributed by atoms with Gasteiger partial charge in [0.25, 0.3) is 0 Å². The van der Waals surface area contributed by atoms with E-state index in [1.54, 1.807) is 13.3 Å². The minimum atomic E-state index is 0.0819. The molecule has 0 unspecified atom stereocenters. The summed E-state index contributed by atoms with van der Waals surface area (Å²) in [5.41, 5.74) is 8.15. The summed E-state index contributed by atoms with van der Waals surface area (Å²) in [6.07, 6.45) is 2.72. The molecule has 3 nitrogen and oxygen atoms in total. The van der Waals surface area contributed by atoms with Crippen LogP contribution < -0.4 is 10.5 Å². The van der Waals surface area contributed by atoms with Crippen LogP contribution in [0.15, 0.2) is 12.3 Å². The molecule has 0 amide bonds. The minimum absolute atomic E-state index is 0.0819. The van der Waals surface area contributed by atoms with Crippen LogP contribution in [0.2, 0.25) is 0 Å². The van der Waals surface area contributed by atoms with Gasteiger partial charge in [-0.2, -0.15) is 0 Å².